The number of nitrogens with one attached hydrogen (secondary N) is 1. The molecule has 116 valence electrons. The average Bonchev–Trinajstić information content (AvgIpc) is 2.47. The monoisotopic (exact) mass is 316 g/mol. The second kappa shape index (κ2) is 6.41. The second-order valence-electron chi connectivity index (χ2n) is 6.04. The van der Waals surface area contributed by atoms with Crippen molar-refractivity contribution in [2.75, 3.05) is 5.73 Å². The Bertz CT molecular complexity index is 678. The van der Waals surface area contributed by atoms with Crippen molar-refractivity contribution >= 4 is 23.2 Å². The lowest BCUT2D eigenvalue weighted by Gasteiger charge is -2.24. The Morgan fingerprint density at radius 1 is 1.14 bits per heavy atom. The molecule has 2 aromatic rings. The van der Waals surface area contributed by atoms with Crippen molar-refractivity contribution in [2.45, 2.75) is 32.7 Å². The fourth-order valence-electron chi connectivity index (χ4n) is 2.06. The van der Waals surface area contributed by atoms with Crippen molar-refractivity contribution in [1.82, 2.24) is 5.32 Å². The van der Waals surface area contributed by atoms with E-state index >= 15 is 0 Å². The van der Waals surface area contributed by atoms with Crippen molar-refractivity contribution in [1.29, 1.82) is 0 Å². The molecule has 0 saturated carbocycles. The van der Waals surface area contributed by atoms with E-state index in [2.05, 4.69) is 5.32 Å². The molecule has 0 radical (unpaired) electrons. The van der Waals surface area contributed by atoms with E-state index in [4.69, 9.17) is 17.3 Å². The van der Waals surface area contributed by atoms with Crippen LogP contribution in [0.5, 0.6) is 0 Å². The van der Waals surface area contributed by atoms with Crippen molar-refractivity contribution in [3.63, 3.8) is 0 Å². The average molecular weight is 317 g/mol. The quantitative estimate of drug-likeness (QED) is 0.815. The fraction of sp³-hybridized carbons (Fsp3) is 0.278. The van der Waals surface area contributed by atoms with Gasteiger partial charge in [0, 0.05) is 21.8 Å². The van der Waals surface area contributed by atoms with E-state index in [9.17, 15) is 4.79 Å². The summed E-state index contributed by atoms with van der Waals surface area (Å²) in [5, 5.41) is 3.70. The van der Waals surface area contributed by atoms with Gasteiger partial charge in [-0.05, 0) is 61.7 Å². The Labute approximate surface area is 136 Å². The van der Waals surface area contributed by atoms with Crippen LogP contribution in [0.4, 0.5) is 5.69 Å². The molecule has 0 unspecified atom stereocenters. The number of amides is 1. The molecule has 0 aromatic heterocycles. The maximum Gasteiger partial charge on any atom is 0.251 e. The first kappa shape index (κ1) is 16.4. The molecule has 0 aliphatic rings. The van der Waals surface area contributed by atoms with E-state index in [1.165, 1.54) is 0 Å². The van der Waals surface area contributed by atoms with Crippen molar-refractivity contribution in [2.24, 2.45) is 0 Å². The zero-order valence-corrected chi connectivity index (χ0v) is 13.9. The third-order valence-corrected chi connectivity index (χ3v) is 3.98. The lowest BCUT2D eigenvalue weighted by atomic mass is 9.99. The number of rotatable bonds is 4. The molecular formula is C18H21ClN2O. The van der Waals surface area contributed by atoms with Crippen LogP contribution in [0.1, 0.15) is 37.6 Å². The van der Waals surface area contributed by atoms with Crippen LogP contribution in [0, 0.1) is 0 Å². The molecule has 1 amide bonds. The highest BCUT2D eigenvalue weighted by Gasteiger charge is 2.19. The highest BCUT2D eigenvalue weighted by atomic mass is 35.5. The molecule has 0 atom stereocenters. The number of benzene rings is 2. The minimum atomic E-state index is -0.248. The molecule has 0 spiro atoms. The summed E-state index contributed by atoms with van der Waals surface area (Å²) in [6.45, 7) is 6.04. The molecule has 0 aliphatic heterocycles. The van der Waals surface area contributed by atoms with Crippen LogP contribution < -0.4 is 11.1 Å². The topological polar surface area (TPSA) is 55.1 Å². The van der Waals surface area contributed by atoms with Crippen LogP contribution in [-0.4, -0.2) is 11.4 Å². The summed E-state index contributed by atoms with van der Waals surface area (Å²) in [5.41, 5.74) is 8.70. The normalized spacial score (nSPS) is 11.3. The van der Waals surface area contributed by atoms with Gasteiger partial charge in [0.15, 0.2) is 0 Å². The number of nitrogens with two attached hydrogens (primary N) is 1. The zero-order chi connectivity index (χ0) is 16.3. The van der Waals surface area contributed by atoms with Crippen LogP contribution in [0.25, 0.3) is 11.1 Å². The number of hydrogen-bond donors (Lipinski definition) is 2. The van der Waals surface area contributed by atoms with Gasteiger partial charge in [-0.1, -0.05) is 30.7 Å². The van der Waals surface area contributed by atoms with Crippen LogP contribution in [0.15, 0.2) is 42.5 Å². The summed E-state index contributed by atoms with van der Waals surface area (Å²) < 4.78 is 0. The molecule has 3 nitrogen and oxygen atoms in total. The Morgan fingerprint density at radius 3 is 2.36 bits per heavy atom. The minimum Gasteiger partial charge on any atom is -0.399 e. The van der Waals surface area contributed by atoms with E-state index in [0.717, 1.165) is 17.5 Å². The minimum absolute atomic E-state index is 0.116. The molecule has 0 aliphatic carbocycles. The predicted molar refractivity (Wildman–Crippen MR) is 93.1 cm³/mol. The molecule has 0 heterocycles. The third-order valence-electron chi connectivity index (χ3n) is 3.73. The van der Waals surface area contributed by atoms with Crippen LogP contribution >= 0.6 is 11.6 Å². The highest BCUT2D eigenvalue weighted by Crippen LogP contribution is 2.25. The van der Waals surface area contributed by atoms with E-state index in [-0.39, 0.29) is 11.4 Å². The van der Waals surface area contributed by atoms with E-state index < -0.39 is 0 Å². The maximum absolute atomic E-state index is 12.4. The van der Waals surface area contributed by atoms with Crippen LogP contribution in [0.3, 0.4) is 0 Å². The number of carbonyl (C=O) groups is 1. The van der Waals surface area contributed by atoms with Gasteiger partial charge in [0.1, 0.15) is 0 Å². The van der Waals surface area contributed by atoms with Gasteiger partial charge in [-0.15, -0.1) is 0 Å². The van der Waals surface area contributed by atoms with E-state index in [1.807, 2.05) is 57.2 Å². The largest absolute Gasteiger partial charge is 0.399 e. The van der Waals surface area contributed by atoms with Crippen molar-refractivity contribution < 1.29 is 4.79 Å². The summed E-state index contributed by atoms with van der Waals surface area (Å²) in [4.78, 5) is 12.4. The number of carbonyl (C=O) groups excluding carboxylic acids is 1. The van der Waals surface area contributed by atoms with E-state index in [1.54, 1.807) is 6.07 Å². The smallest absolute Gasteiger partial charge is 0.251 e. The third kappa shape index (κ3) is 4.01. The second-order valence-corrected chi connectivity index (χ2v) is 6.48. The molecule has 22 heavy (non-hydrogen) atoms. The number of nitrogen functional groups attached to an aromatic ring is 1. The van der Waals surface area contributed by atoms with Gasteiger partial charge in [0.2, 0.25) is 0 Å². The van der Waals surface area contributed by atoms with E-state index in [0.29, 0.717) is 16.3 Å². The molecule has 0 fully saturated rings. The van der Waals surface area contributed by atoms with Crippen LogP contribution in [-0.2, 0) is 0 Å². The number of halogens is 1. The molecule has 3 N–H and O–H groups in total. The Balaban J connectivity index is 2.34. The number of anilines is 1. The Morgan fingerprint density at radius 2 is 1.77 bits per heavy atom. The first-order valence-corrected chi connectivity index (χ1v) is 7.67. The fourth-order valence-corrected chi connectivity index (χ4v) is 2.19. The lowest BCUT2D eigenvalue weighted by Crippen LogP contribution is -2.42. The first-order valence-electron chi connectivity index (χ1n) is 7.30. The van der Waals surface area contributed by atoms with Gasteiger partial charge < -0.3 is 11.1 Å². The first-order chi connectivity index (χ1) is 10.3. The molecule has 4 heteroatoms. The van der Waals surface area contributed by atoms with Crippen molar-refractivity contribution in [3.8, 4) is 11.1 Å². The lowest BCUT2D eigenvalue weighted by molar-refractivity contribution is 0.0911. The summed E-state index contributed by atoms with van der Waals surface area (Å²) in [6.07, 6.45) is 0.852. The maximum atomic E-state index is 12.4. The summed E-state index contributed by atoms with van der Waals surface area (Å²) in [7, 11) is 0. The van der Waals surface area contributed by atoms with Crippen LogP contribution in [0.2, 0.25) is 5.02 Å². The molecule has 0 saturated heterocycles. The Kier molecular flexibility index (Phi) is 4.77. The highest BCUT2D eigenvalue weighted by molar-refractivity contribution is 6.30. The summed E-state index contributed by atoms with van der Waals surface area (Å²) >= 11 is 5.91. The van der Waals surface area contributed by atoms with Gasteiger partial charge >= 0.3 is 0 Å². The predicted octanol–water partition coefficient (Wildman–Crippen LogP) is 4.51. The van der Waals surface area contributed by atoms with Gasteiger partial charge in [-0.2, -0.15) is 0 Å². The molecular weight excluding hydrogens is 296 g/mol. The van der Waals surface area contributed by atoms with Gasteiger partial charge in [-0.25, -0.2) is 0 Å². The Hall–Kier alpha value is -2.00. The summed E-state index contributed by atoms with van der Waals surface area (Å²) in [5.74, 6) is -0.116. The van der Waals surface area contributed by atoms with Gasteiger partial charge in [-0.3, -0.25) is 4.79 Å². The zero-order valence-electron chi connectivity index (χ0n) is 13.1. The standard InChI is InChI=1S/C18H21ClN2O/c1-4-18(2,3)21-17(22)14-9-13(10-16(20)11-14)12-5-7-15(19)8-6-12/h5-11H,4,20H2,1-3H3,(H,21,22). The summed E-state index contributed by atoms with van der Waals surface area (Å²) in [6, 6.07) is 12.9. The van der Waals surface area contributed by atoms with Gasteiger partial charge in [0.25, 0.3) is 5.91 Å². The SMILES string of the molecule is CCC(C)(C)NC(=O)c1cc(N)cc(-c2ccc(Cl)cc2)c1. The molecule has 2 rings (SSSR count). The molecule has 0 bridgehead atoms. The van der Waals surface area contributed by atoms with Crippen molar-refractivity contribution in [3.05, 3.63) is 53.1 Å². The van der Waals surface area contributed by atoms with Gasteiger partial charge in [0.05, 0.1) is 0 Å². The number of hydrogen-bond acceptors (Lipinski definition) is 2. The molecule has 2 aromatic carbocycles.